The molecule has 0 saturated heterocycles. The standard InChI is InChI=1S/C19H18N4/c20-17-13-23(12-15-8-4-5-9-16(15)17)19-11-21-18(10-22-19)14-6-2-1-3-7-14/h1-11,17H,12-13,20H2. The summed E-state index contributed by atoms with van der Waals surface area (Å²) in [5.41, 5.74) is 10.8. The molecule has 0 spiro atoms. The SMILES string of the molecule is NC1CN(c2cnc(-c3ccccc3)cn2)Cc2ccccc21. The van der Waals surface area contributed by atoms with Crippen molar-refractivity contribution in [3.63, 3.8) is 0 Å². The van der Waals surface area contributed by atoms with Crippen LogP contribution in [-0.4, -0.2) is 16.5 Å². The van der Waals surface area contributed by atoms with Gasteiger partial charge in [-0.1, -0.05) is 54.6 Å². The van der Waals surface area contributed by atoms with E-state index in [1.165, 1.54) is 11.1 Å². The van der Waals surface area contributed by atoms with Gasteiger partial charge in [-0.2, -0.15) is 0 Å². The quantitative estimate of drug-likeness (QED) is 0.790. The summed E-state index contributed by atoms with van der Waals surface area (Å²) in [6.07, 6.45) is 3.67. The Kier molecular flexibility index (Phi) is 3.52. The van der Waals surface area contributed by atoms with Gasteiger partial charge >= 0.3 is 0 Å². The molecule has 0 aliphatic carbocycles. The van der Waals surface area contributed by atoms with E-state index in [4.69, 9.17) is 5.73 Å². The summed E-state index contributed by atoms with van der Waals surface area (Å²) in [5.74, 6) is 0.870. The minimum absolute atomic E-state index is 0.00977. The minimum atomic E-state index is 0.00977. The molecule has 2 heterocycles. The Bertz CT molecular complexity index is 799. The molecule has 2 aromatic carbocycles. The molecule has 23 heavy (non-hydrogen) atoms. The summed E-state index contributed by atoms with van der Waals surface area (Å²) >= 11 is 0. The third kappa shape index (κ3) is 2.69. The van der Waals surface area contributed by atoms with Gasteiger partial charge in [0.2, 0.25) is 0 Å². The summed E-state index contributed by atoms with van der Waals surface area (Å²) in [5, 5.41) is 0. The molecule has 0 saturated carbocycles. The van der Waals surface area contributed by atoms with E-state index in [0.29, 0.717) is 0 Å². The Morgan fingerprint density at radius 2 is 1.70 bits per heavy atom. The van der Waals surface area contributed by atoms with Crippen LogP contribution in [0.3, 0.4) is 0 Å². The van der Waals surface area contributed by atoms with Crippen LogP contribution in [0.1, 0.15) is 17.2 Å². The number of anilines is 1. The predicted molar refractivity (Wildman–Crippen MR) is 91.9 cm³/mol. The van der Waals surface area contributed by atoms with E-state index in [1.807, 2.05) is 48.8 Å². The lowest BCUT2D eigenvalue weighted by atomic mass is 9.96. The van der Waals surface area contributed by atoms with Gasteiger partial charge in [-0.15, -0.1) is 0 Å². The van der Waals surface area contributed by atoms with E-state index in [9.17, 15) is 0 Å². The maximum atomic E-state index is 6.31. The highest BCUT2D eigenvalue weighted by Gasteiger charge is 2.23. The van der Waals surface area contributed by atoms with Crippen LogP contribution in [0.5, 0.6) is 0 Å². The molecule has 2 N–H and O–H groups in total. The zero-order valence-corrected chi connectivity index (χ0v) is 12.8. The van der Waals surface area contributed by atoms with Gasteiger partial charge in [-0.25, -0.2) is 4.98 Å². The van der Waals surface area contributed by atoms with Crippen LogP contribution in [0.2, 0.25) is 0 Å². The number of nitrogens with zero attached hydrogens (tertiary/aromatic N) is 3. The number of nitrogens with two attached hydrogens (primary N) is 1. The van der Waals surface area contributed by atoms with Crippen molar-refractivity contribution >= 4 is 5.82 Å². The summed E-state index contributed by atoms with van der Waals surface area (Å²) in [6, 6.07) is 18.4. The molecule has 1 aliphatic heterocycles. The largest absolute Gasteiger partial charge is 0.349 e. The number of rotatable bonds is 2. The van der Waals surface area contributed by atoms with Gasteiger partial charge in [0, 0.05) is 24.7 Å². The van der Waals surface area contributed by atoms with Gasteiger partial charge in [-0.05, 0) is 11.1 Å². The fourth-order valence-electron chi connectivity index (χ4n) is 3.06. The first-order valence-electron chi connectivity index (χ1n) is 7.77. The second kappa shape index (κ2) is 5.82. The van der Waals surface area contributed by atoms with Crippen LogP contribution >= 0.6 is 0 Å². The molecule has 3 aromatic rings. The minimum Gasteiger partial charge on any atom is -0.349 e. The lowest BCUT2D eigenvalue weighted by Crippen LogP contribution is -2.37. The van der Waals surface area contributed by atoms with E-state index in [0.717, 1.165) is 30.2 Å². The molecule has 4 heteroatoms. The van der Waals surface area contributed by atoms with E-state index in [-0.39, 0.29) is 6.04 Å². The zero-order chi connectivity index (χ0) is 15.6. The third-order valence-corrected chi connectivity index (χ3v) is 4.26. The lowest BCUT2D eigenvalue weighted by molar-refractivity contribution is 0.613. The Morgan fingerprint density at radius 1 is 0.913 bits per heavy atom. The van der Waals surface area contributed by atoms with Crippen molar-refractivity contribution in [1.82, 2.24) is 9.97 Å². The van der Waals surface area contributed by atoms with Crippen molar-refractivity contribution in [2.24, 2.45) is 5.73 Å². The van der Waals surface area contributed by atoms with Crippen LogP contribution in [0.4, 0.5) is 5.82 Å². The predicted octanol–water partition coefficient (Wildman–Crippen LogP) is 3.16. The van der Waals surface area contributed by atoms with Gasteiger partial charge in [0.05, 0.1) is 18.1 Å². The van der Waals surface area contributed by atoms with Gasteiger partial charge in [0.15, 0.2) is 0 Å². The van der Waals surface area contributed by atoms with Gasteiger partial charge < -0.3 is 10.6 Å². The van der Waals surface area contributed by atoms with Crippen LogP contribution in [0.15, 0.2) is 67.0 Å². The van der Waals surface area contributed by atoms with E-state index in [2.05, 4.69) is 33.1 Å². The highest BCUT2D eigenvalue weighted by molar-refractivity contribution is 5.59. The Balaban J connectivity index is 1.60. The van der Waals surface area contributed by atoms with Crippen LogP contribution in [0.25, 0.3) is 11.3 Å². The van der Waals surface area contributed by atoms with Crippen molar-refractivity contribution in [3.05, 3.63) is 78.1 Å². The molecule has 1 unspecified atom stereocenters. The summed E-state index contributed by atoms with van der Waals surface area (Å²) in [4.78, 5) is 11.3. The Morgan fingerprint density at radius 3 is 2.48 bits per heavy atom. The number of aromatic nitrogens is 2. The Hall–Kier alpha value is -2.72. The lowest BCUT2D eigenvalue weighted by Gasteiger charge is -2.33. The maximum absolute atomic E-state index is 6.31. The van der Waals surface area contributed by atoms with Crippen molar-refractivity contribution in [2.45, 2.75) is 12.6 Å². The van der Waals surface area contributed by atoms with Crippen molar-refractivity contribution in [1.29, 1.82) is 0 Å². The van der Waals surface area contributed by atoms with Crippen LogP contribution in [-0.2, 0) is 6.54 Å². The molecule has 1 aromatic heterocycles. The van der Waals surface area contributed by atoms with E-state index >= 15 is 0 Å². The molecular formula is C19H18N4. The molecule has 1 aliphatic rings. The van der Waals surface area contributed by atoms with E-state index < -0.39 is 0 Å². The summed E-state index contributed by atoms with van der Waals surface area (Å²) in [6.45, 7) is 1.58. The van der Waals surface area contributed by atoms with Gasteiger partial charge in [-0.3, -0.25) is 4.98 Å². The average Bonchev–Trinajstić information content (AvgIpc) is 2.63. The summed E-state index contributed by atoms with van der Waals surface area (Å²) < 4.78 is 0. The van der Waals surface area contributed by atoms with Gasteiger partial charge in [0.25, 0.3) is 0 Å². The molecule has 4 nitrogen and oxygen atoms in total. The van der Waals surface area contributed by atoms with Crippen molar-refractivity contribution in [2.75, 3.05) is 11.4 Å². The average molecular weight is 302 g/mol. The third-order valence-electron chi connectivity index (χ3n) is 4.26. The first-order chi connectivity index (χ1) is 11.3. The molecule has 0 bridgehead atoms. The number of hydrogen-bond acceptors (Lipinski definition) is 4. The molecule has 1 atom stereocenters. The topological polar surface area (TPSA) is 55.0 Å². The highest BCUT2D eigenvalue weighted by atomic mass is 15.2. The second-order valence-corrected chi connectivity index (χ2v) is 5.81. The fourth-order valence-corrected chi connectivity index (χ4v) is 3.06. The second-order valence-electron chi connectivity index (χ2n) is 5.81. The first-order valence-corrected chi connectivity index (χ1v) is 7.77. The highest BCUT2D eigenvalue weighted by Crippen LogP contribution is 2.28. The molecule has 4 rings (SSSR count). The first kappa shape index (κ1) is 13.9. The number of fused-ring (bicyclic) bond motifs is 1. The normalized spacial score (nSPS) is 16.9. The van der Waals surface area contributed by atoms with Gasteiger partial charge in [0.1, 0.15) is 5.82 Å². The van der Waals surface area contributed by atoms with E-state index in [1.54, 1.807) is 0 Å². The summed E-state index contributed by atoms with van der Waals surface area (Å²) in [7, 11) is 0. The molecular weight excluding hydrogens is 284 g/mol. The molecule has 0 fully saturated rings. The smallest absolute Gasteiger partial charge is 0.147 e. The van der Waals surface area contributed by atoms with Crippen molar-refractivity contribution < 1.29 is 0 Å². The monoisotopic (exact) mass is 302 g/mol. The van der Waals surface area contributed by atoms with Crippen LogP contribution < -0.4 is 10.6 Å². The number of hydrogen-bond donors (Lipinski definition) is 1. The molecule has 0 amide bonds. The zero-order valence-electron chi connectivity index (χ0n) is 12.8. The van der Waals surface area contributed by atoms with Crippen molar-refractivity contribution in [3.8, 4) is 11.3 Å². The Labute approximate surface area is 135 Å². The van der Waals surface area contributed by atoms with Crippen LogP contribution in [0, 0.1) is 0 Å². The number of benzene rings is 2. The maximum Gasteiger partial charge on any atom is 0.147 e. The molecule has 0 radical (unpaired) electrons. The molecule has 114 valence electrons. The fraction of sp³-hybridized carbons (Fsp3) is 0.158.